The van der Waals surface area contributed by atoms with Gasteiger partial charge in [-0.05, 0) is 37.0 Å². The van der Waals surface area contributed by atoms with E-state index in [1.807, 2.05) is 13.0 Å². The van der Waals surface area contributed by atoms with Crippen molar-refractivity contribution in [3.8, 4) is 0 Å². The van der Waals surface area contributed by atoms with Gasteiger partial charge >= 0.3 is 0 Å². The molecule has 3 heteroatoms. The van der Waals surface area contributed by atoms with Gasteiger partial charge in [-0.15, -0.1) is 0 Å². The van der Waals surface area contributed by atoms with Crippen molar-refractivity contribution in [2.24, 2.45) is 5.84 Å². The first-order valence-electron chi connectivity index (χ1n) is 6.94. The minimum Gasteiger partial charge on any atom is -0.271 e. The smallest absolute Gasteiger partial charge is 0.128 e. The van der Waals surface area contributed by atoms with Gasteiger partial charge in [0.1, 0.15) is 5.82 Å². The van der Waals surface area contributed by atoms with Crippen molar-refractivity contribution in [1.82, 2.24) is 5.43 Å². The third-order valence-corrected chi connectivity index (χ3v) is 3.60. The number of aryl methyl sites for hydroxylation is 2. The summed E-state index contributed by atoms with van der Waals surface area (Å²) in [4.78, 5) is 0. The van der Waals surface area contributed by atoms with Gasteiger partial charge < -0.3 is 0 Å². The third-order valence-electron chi connectivity index (χ3n) is 3.60. The summed E-state index contributed by atoms with van der Waals surface area (Å²) in [7, 11) is 0. The molecule has 1 unspecified atom stereocenters. The van der Waals surface area contributed by atoms with Crippen LogP contribution in [0.1, 0.15) is 35.2 Å². The van der Waals surface area contributed by atoms with Crippen LogP contribution < -0.4 is 11.3 Å². The lowest BCUT2D eigenvalue weighted by Gasteiger charge is -2.18. The molecular weight excluding hydrogens is 251 g/mol. The monoisotopic (exact) mass is 272 g/mol. The van der Waals surface area contributed by atoms with E-state index < -0.39 is 0 Å². The highest BCUT2D eigenvalue weighted by atomic mass is 19.1. The minimum absolute atomic E-state index is 0.219. The van der Waals surface area contributed by atoms with Gasteiger partial charge in [0.15, 0.2) is 0 Å². The number of hydrazine groups is 1. The Labute approximate surface area is 119 Å². The maximum Gasteiger partial charge on any atom is 0.128 e. The summed E-state index contributed by atoms with van der Waals surface area (Å²) in [5.41, 5.74) is 6.82. The third kappa shape index (κ3) is 3.44. The summed E-state index contributed by atoms with van der Waals surface area (Å²) in [6.45, 7) is 4.08. The van der Waals surface area contributed by atoms with Gasteiger partial charge in [-0.25, -0.2) is 4.39 Å². The standard InChI is InChI=1S/C17H21FN2/c1-3-13-5-7-14(8-6-13)11-17(20-19)15-10-12(2)4-9-16(15)18/h4-10,17,20H,3,11,19H2,1-2H3. The molecule has 0 saturated heterocycles. The van der Waals surface area contributed by atoms with Crippen molar-refractivity contribution in [3.63, 3.8) is 0 Å². The average Bonchev–Trinajstić information content (AvgIpc) is 2.48. The predicted molar refractivity (Wildman–Crippen MR) is 80.7 cm³/mol. The summed E-state index contributed by atoms with van der Waals surface area (Å²) in [6, 6.07) is 13.3. The number of nitrogens with one attached hydrogen (secondary N) is 1. The molecule has 0 amide bonds. The van der Waals surface area contributed by atoms with Gasteiger partial charge in [-0.1, -0.05) is 48.9 Å². The first-order valence-corrected chi connectivity index (χ1v) is 6.94. The Kier molecular flexibility index (Phi) is 4.88. The number of hydrogen-bond donors (Lipinski definition) is 2. The number of benzene rings is 2. The summed E-state index contributed by atoms with van der Waals surface area (Å²) < 4.78 is 13.9. The van der Waals surface area contributed by atoms with Gasteiger partial charge in [0.05, 0.1) is 6.04 Å². The second-order valence-corrected chi connectivity index (χ2v) is 5.12. The van der Waals surface area contributed by atoms with Crippen LogP contribution in [-0.2, 0) is 12.8 Å². The topological polar surface area (TPSA) is 38.0 Å². The van der Waals surface area contributed by atoms with Crippen molar-refractivity contribution in [1.29, 1.82) is 0 Å². The first-order chi connectivity index (χ1) is 9.63. The minimum atomic E-state index is -0.220. The van der Waals surface area contributed by atoms with E-state index in [0.717, 1.165) is 17.5 Å². The van der Waals surface area contributed by atoms with E-state index in [1.54, 1.807) is 6.07 Å². The lowest BCUT2D eigenvalue weighted by atomic mass is 9.97. The number of nitrogens with two attached hydrogens (primary N) is 1. The van der Waals surface area contributed by atoms with E-state index in [9.17, 15) is 4.39 Å². The van der Waals surface area contributed by atoms with Gasteiger partial charge in [0.2, 0.25) is 0 Å². The zero-order chi connectivity index (χ0) is 14.5. The predicted octanol–water partition coefficient (Wildman–Crippen LogP) is 3.44. The van der Waals surface area contributed by atoms with Gasteiger partial charge in [-0.3, -0.25) is 11.3 Å². The van der Waals surface area contributed by atoms with Crippen LogP contribution in [0.5, 0.6) is 0 Å². The van der Waals surface area contributed by atoms with Crippen LogP contribution >= 0.6 is 0 Å². The van der Waals surface area contributed by atoms with E-state index in [-0.39, 0.29) is 11.9 Å². The highest BCUT2D eigenvalue weighted by Gasteiger charge is 2.15. The van der Waals surface area contributed by atoms with Crippen molar-refractivity contribution >= 4 is 0 Å². The molecule has 0 heterocycles. The fourth-order valence-corrected chi connectivity index (χ4v) is 2.34. The molecular formula is C17H21FN2. The van der Waals surface area contributed by atoms with Gasteiger partial charge in [-0.2, -0.15) is 0 Å². The first kappa shape index (κ1) is 14.7. The van der Waals surface area contributed by atoms with Crippen LogP contribution in [-0.4, -0.2) is 0 Å². The lowest BCUT2D eigenvalue weighted by molar-refractivity contribution is 0.510. The Morgan fingerprint density at radius 2 is 1.75 bits per heavy atom. The molecule has 1 atom stereocenters. The highest BCUT2D eigenvalue weighted by Crippen LogP contribution is 2.22. The zero-order valence-electron chi connectivity index (χ0n) is 12.0. The quantitative estimate of drug-likeness (QED) is 0.646. The Morgan fingerprint density at radius 1 is 1.10 bits per heavy atom. The molecule has 0 aromatic heterocycles. The Hall–Kier alpha value is -1.71. The summed E-state index contributed by atoms with van der Waals surface area (Å²) in [5.74, 6) is 5.39. The molecule has 3 N–H and O–H groups in total. The van der Waals surface area contributed by atoms with Crippen molar-refractivity contribution in [3.05, 3.63) is 70.5 Å². The van der Waals surface area contributed by atoms with E-state index in [0.29, 0.717) is 12.0 Å². The molecule has 0 fully saturated rings. The Morgan fingerprint density at radius 3 is 2.35 bits per heavy atom. The zero-order valence-corrected chi connectivity index (χ0v) is 12.0. The van der Waals surface area contributed by atoms with Gasteiger partial charge in [0, 0.05) is 5.56 Å². The summed E-state index contributed by atoms with van der Waals surface area (Å²) >= 11 is 0. The highest BCUT2D eigenvalue weighted by molar-refractivity contribution is 5.30. The molecule has 0 aliphatic carbocycles. The maximum atomic E-state index is 13.9. The average molecular weight is 272 g/mol. The second-order valence-electron chi connectivity index (χ2n) is 5.12. The number of rotatable bonds is 5. The molecule has 0 bridgehead atoms. The van der Waals surface area contributed by atoms with Crippen molar-refractivity contribution in [2.75, 3.05) is 0 Å². The molecule has 0 saturated carbocycles. The van der Waals surface area contributed by atoms with Crippen LogP contribution in [0.15, 0.2) is 42.5 Å². The van der Waals surface area contributed by atoms with Crippen molar-refractivity contribution in [2.45, 2.75) is 32.7 Å². The lowest BCUT2D eigenvalue weighted by Crippen LogP contribution is -2.30. The molecule has 2 nitrogen and oxygen atoms in total. The fourth-order valence-electron chi connectivity index (χ4n) is 2.34. The second kappa shape index (κ2) is 6.64. The van der Waals surface area contributed by atoms with Crippen LogP contribution in [0, 0.1) is 12.7 Å². The molecule has 0 radical (unpaired) electrons. The van der Waals surface area contributed by atoms with Crippen LogP contribution in [0.4, 0.5) is 4.39 Å². The van der Waals surface area contributed by atoms with Crippen LogP contribution in [0.25, 0.3) is 0 Å². The molecule has 106 valence electrons. The number of halogens is 1. The number of hydrogen-bond acceptors (Lipinski definition) is 2. The molecule has 2 aromatic rings. The van der Waals surface area contributed by atoms with Crippen LogP contribution in [0.2, 0.25) is 0 Å². The Balaban J connectivity index is 2.21. The van der Waals surface area contributed by atoms with E-state index in [4.69, 9.17) is 5.84 Å². The molecule has 2 rings (SSSR count). The molecule has 0 aliphatic rings. The SMILES string of the molecule is CCc1ccc(CC(NN)c2cc(C)ccc2F)cc1. The normalized spacial score (nSPS) is 12.4. The molecule has 20 heavy (non-hydrogen) atoms. The molecule has 2 aromatic carbocycles. The van der Waals surface area contributed by atoms with E-state index in [1.165, 1.54) is 11.6 Å². The van der Waals surface area contributed by atoms with Gasteiger partial charge in [0.25, 0.3) is 0 Å². The summed E-state index contributed by atoms with van der Waals surface area (Å²) in [5, 5.41) is 0. The summed E-state index contributed by atoms with van der Waals surface area (Å²) in [6.07, 6.45) is 1.69. The van der Waals surface area contributed by atoms with E-state index >= 15 is 0 Å². The Bertz CT molecular complexity index is 564. The maximum absolute atomic E-state index is 13.9. The van der Waals surface area contributed by atoms with Crippen LogP contribution in [0.3, 0.4) is 0 Å². The van der Waals surface area contributed by atoms with Crippen molar-refractivity contribution < 1.29 is 4.39 Å². The van der Waals surface area contributed by atoms with E-state index in [2.05, 4.69) is 36.6 Å². The molecule has 0 aliphatic heterocycles. The molecule has 0 spiro atoms. The largest absolute Gasteiger partial charge is 0.271 e. The fraction of sp³-hybridized carbons (Fsp3) is 0.294.